The van der Waals surface area contributed by atoms with Crippen LogP contribution in [0.5, 0.6) is 0 Å². The van der Waals surface area contributed by atoms with Gasteiger partial charge in [-0.15, -0.1) is 11.3 Å². The van der Waals surface area contributed by atoms with Gasteiger partial charge in [0.2, 0.25) is 0 Å². The van der Waals surface area contributed by atoms with Gasteiger partial charge < -0.3 is 4.90 Å². The number of piperidine rings is 1. The fourth-order valence-corrected chi connectivity index (χ4v) is 4.45. The van der Waals surface area contributed by atoms with E-state index in [2.05, 4.69) is 16.8 Å². The quantitative estimate of drug-likeness (QED) is 0.728. The Bertz CT molecular complexity index is 594. The normalized spacial score (nSPS) is 25.4. The lowest BCUT2D eigenvalue weighted by molar-refractivity contribution is -0.113. The summed E-state index contributed by atoms with van der Waals surface area (Å²) in [6, 6.07) is 3.77. The molecule has 1 saturated heterocycles. The van der Waals surface area contributed by atoms with E-state index in [1.165, 1.54) is 35.9 Å². The first-order chi connectivity index (χ1) is 9.61. The number of aliphatic imine (C=N–C) groups is 1. The van der Waals surface area contributed by atoms with Gasteiger partial charge in [0, 0.05) is 18.0 Å². The lowest BCUT2D eigenvalue weighted by Gasteiger charge is -2.31. The van der Waals surface area contributed by atoms with E-state index in [9.17, 15) is 4.79 Å². The van der Waals surface area contributed by atoms with E-state index in [4.69, 9.17) is 11.6 Å². The van der Waals surface area contributed by atoms with Crippen LogP contribution in [0.15, 0.2) is 22.0 Å². The first kappa shape index (κ1) is 14.2. The van der Waals surface area contributed by atoms with Crippen LogP contribution < -0.4 is 0 Å². The van der Waals surface area contributed by atoms with Crippen LogP contribution >= 0.6 is 34.7 Å². The molecule has 2 aliphatic rings. The number of amides is 1. The summed E-state index contributed by atoms with van der Waals surface area (Å²) in [5, 5.41) is 0.857. The highest BCUT2D eigenvalue weighted by Gasteiger charge is 2.28. The number of thiophene rings is 1. The van der Waals surface area contributed by atoms with Gasteiger partial charge in [0.15, 0.2) is 5.17 Å². The van der Waals surface area contributed by atoms with Gasteiger partial charge in [0.1, 0.15) is 0 Å². The number of amidine groups is 1. The number of halogens is 1. The van der Waals surface area contributed by atoms with Crippen LogP contribution in [0.2, 0.25) is 4.34 Å². The molecule has 1 atom stereocenters. The second-order valence-corrected chi connectivity index (χ2v) is 7.90. The summed E-state index contributed by atoms with van der Waals surface area (Å²) >= 11 is 8.86. The van der Waals surface area contributed by atoms with Gasteiger partial charge in [-0.2, -0.15) is 4.99 Å². The minimum absolute atomic E-state index is 0.132. The van der Waals surface area contributed by atoms with Gasteiger partial charge in [-0.25, -0.2) is 0 Å². The smallest absolute Gasteiger partial charge is 0.286 e. The number of hydrogen-bond donors (Lipinski definition) is 0. The van der Waals surface area contributed by atoms with Crippen LogP contribution in [0, 0.1) is 5.92 Å². The van der Waals surface area contributed by atoms with Crippen molar-refractivity contribution in [3.8, 4) is 0 Å². The first-order valence-corrected chi connectivity index (χ1v) is 8.66. The predicted molar refractivity (Wildman–Crippen MR) is 87.3 cm³/mol. The van der Waals surface area contributed by atoms with Crippen molar-refractivity contribution in [1.29, 1.82) is 0 Å². The molecule has 0 aliphatic carbocycles. The lowest BCUT2D eigenvalue weighted by Crippen LogP contribution is -2.37. The minimum Gasteiger partial charge on any atom is -0.351 e. The molecule has 0 bridgehead atoms. The molecular weight excluding hydrogens is 312 g/mol. The van der Waals surface area contributed by atoms with E-state index in [1.807, 2.05) is 18.2 Å². The Morgan fingerprint density at radius 3 is 3.05 bits per heavy atom. The van der Waals surface area contributed by atoms with E-state index < -0.39 is 0 Å². The van der Waals surface area contributed by atoms with E-state index in [1.54, 1.807) is 0 Å². The number of carbonyl (C=O) groups is 1. The Kier molecular flexibility index (Phi) is 4.19. The molecule has 0 unspecified atom stereocenters. The molecule has 1 fully saturated rings. The molecule has 3 rings (SSSR count). The number of rotatable bonds is 1. The van der Waals surface area contributed by atoms with Crippen LogP contribution in [0.1, 0.15) is 24.6 Å². The second kappa shape index (κ2) is 5.92. The van der Waals surface area contributed by atoms with Crippen molar-refractivity contribution in [1.82, 2.24) is 4.90 Å². The number of hydrogen-bond acceptors (Lipinski definition) is 4. The zero-order valence-electron chi connectivity index (χ0n) is 11.1. The molecule has 1 aromatic heterocycles. The zero-order chi connectivity index (χ0) is 14.1. The van der Waals surface area contributed by atoms with Crippen molar-refractivity contribution in [2.24, 2.45) is 10.9 Å². The van der Waals surface area contributed by atoms with Crippen molar-refractivity contribution in [3.63, 3.8) is 0 Å². The standard InChI is InChI=1S/C14H15ClN2OS2/c1-9-3-2-6-17(8-9)14-16-13(18)11(20-14)7-10-4-5-12(15)19-10/h4-5,7,9H,2-3,6,8H2,1H3/b11-7+/t9-/m0/s1. The second-order valence-electron chi connectivity index (χ2n) is 5.15. The van der Waals surface area contributed by atoms with Crippen LogP contribution in [0.25, 0.3) is 6.08 Å². The monoisotopic (exact) mass is 326 g/mol. The summed E-state index contributed by atoms with van der Waals surface area (Å²) in [5.74, 6) is 0.541. The third-order valence-electron chi connectivity index (χ3n) is 3.40. The molecule has 3 heterocycles. The molecule has 0 N–H and O–H groups in total. The van der Waals surface area contributed by atoms with E-state index in [0.717, 1.165) is 27.5 Å². The third kappa shape index (κ3) is 3.10. The molecule has 1 amide bonds. The molecule has 3 nitrogen and oxygen atoms in total. The van der Waals surface area contributed by atoms with Crippen molar-refractivity contribution in [3.05, 3.63) is 26.3 Å². The molecule has 0 saturated carbocycles. The predicted octanol–water partition coefficient (Wildman–Crippen LogP) is 4.10. The maximum absolute atomic E-state index is 12.0. The van der Waals surface area contributed by atoms with Crippen molar-refractivity contribution < 1.29 is 4.79 Å². The van der Waals surface area contributed by atoms with Gasteiger partial charge in [-0.3, -0.25) is 4.79 Å². The summed E-state index contributed by atoms with van der Waals surface area (Å²) in [4.78, 5) is 20.1. The van der Waals surface area contributed by atoms with Gasteiger partial charge in [0.05, 0.1) is 9.24 Å². The molecule has 1 aromatic rings. The molecular formula is C14H15ClN2OS2. The Balaban J connectivity index is 1.73. The molecule has 0 aromatic carbocycles. The summed E-state index contributed by atoms with van der Waals surface area (Å²) in [5.41, 5.74) is 0. The molecule has 2 aliphatic heterocycles. The Hall–Kier alpha value is -0.780. The molecule has 0 radical (unpaired) electrons. The average molecular weight is 327 g/mol. The topological polar surface area (TPSA) is 32.7 Å². The maximum Gasteiger partial charge on any atom is 0.286 e. The molecule has 20 heavy (non-hydrogen) atoms. The number of likely N-dealkylation sites (tertiary alicyclic amines) is 1. The van der Waals surface area contributed by atoms with Crippen molar-refractivity contribution in [2.75, 3.05) is 13.1 Å². The average Bonchev–Trinajstić information content (AvgIpc) is 2.97. The van der Waals surface area contributed by atoms with Gasteiger partial charge in [-0.05, 0) is 48.7 Å². The maximum atomic E-state index is 12.0. The third-order valence-corrected chi connectivity index (χ3v) is 5.63. The Morgan fingerprint density at radius 1 is 1.50 bits per heavy atom. The highest BCUT2D eigenvalue weighted by molar-refractivity contribution is 8.18. The fraction of sp³-hybridized carbons (Fsp3) is 0.429. The Morgan fingerprint density at radius 2 is 2.35 bits per heavy atom. The van der Waals surface area contributed by atoms with Gasteiger partial charge in [-0.1, -0.05) is 18.5 Å². The minimum atomic E-state index is -0.132. The first-order valence-electron chi connectivity index (χ1n) is 6.64. The van der Waals surface area contributed by atoms with Gasteiger partial charge in [0.25, 0.3) is 5.91 Å². The highest BCUT2D eigenvalue weighted by atomic mass is 35.5. The zero-order valence-corrected chi connectivity index (χ0v) is 13.5. The number of carbonyl (C=O) groups excluding carboxylic acids is 1. The molecule has 6 heteroatoms. The Labute approximate surface area is 131 Å². The fourth-order valence-electron chi connectivity index (χ4n) is 2.43. The number of thioether (sulfide) groups is 1. The SMILES string of the molecule is C[C@H]1CCCN(C2=NC(=O)/C(=C\c3ccc(Cl)s3)S2)C1. The van der Waals surface area contributed by atoms with Crippen molar-refractivity contribution in [2.45, 2.75) is 19.8 Å². The highest BCUT2D eigenvalue weighted by Crippen LogP contribution is 2.33. The summed E-state index contributed by atoms with van der Waals surface area (Å²) in [7, 11) is 0. The van der Waals surface area contributed by atoms with Gasteiger partial charge >= 0.3 is 0 Å². The lowest BCUT2D eigenvalue weighted by atomic mass is 10.0. The van der Waals surface area contributed by atoms with E-state index in [0.29, 0.717) is 10.8 Å². The molecule has 106 valence electrons. The number of nitrogens with zero attached hydrogens (tertiary/aromatic N) is 2. The summed E-state index contributed by atoms with van der Waals surface area (Å²) in [6.45, 7) is 4.25. The van der Waals surface area contributed by atoms with Crippen molar-refractivity contribution >= 4 is 51.9 Å². The molecule has 0 spiro atoms. The van der Waals surface area contributed by atoms with Crippen LogP contribution in [-0.4, -0.2) is 29.1 Å². The van der Waals surface area contributed by atoms with Crippen LogP contribution in [-0.2, 0) is 4.79 Å². The van der Waals surface area contributed by atoms with E-state index in [-0.39, 0.29) is 5.91 Å². The summed E-state index contributed by atoms with van der Waals surface area (Å²) < 4.78 is 0.735. The van der Waals surface area contributed by atoms with E-state index >= 15 is 0 Å². The largest absolute Gasteiger partial charge is 0.351 e. The van der Waals surface area contributed by atoms with Crippen LogP contribution in [0.4, 0.5) is 0 Å². The summed E-state index contributed by atoms with van der Waals surface area (Å²) in [6.07, 6.45) is 4.32. The van der Waals surface area contributed by atoms with Crippen LogP contribution in [0.3, 0.4) is 0 Å².